The number of amides is 1. The third kappa shape index (κ3) is 2.45. The standard InChI is InChI=1S/C22H21N5O/c1-22(2)12-25-21(28)16-5-4-13(8-18(16)22)17-10-24-20-19(17)15(6-7-23-20)14-9-26-27(3)11-14/h4-11H,12H2,1-3H3,(H,23,24)(H,25,28). The summed E-state index contributed by atoms with van der Waals surface area (Å²) >= 11 is 0. The molecule has 0 radical (unpaired) electrons. The van der Waals surface area contributed by atoms with Gasteiger partial charge in [0.05, 0.1) is 6.20 Å². The van der Waals surface area contributed by atoms with Gasteiger partial charge < -0.3 is 10.3 Å². The van der Waals surface area contributed by atoms with Crippen LogP contribution in [0.15, 0.2) is 49.1 Å². The molecule has 2 N–H and O–H groups in total. The molecular formula is C22H21N5O. The Morgan fingerprint density at radius 3 is 2.75 bits per heavy atom. The number of hydrogen-bond donors (Lipinski definition) is 2. The lowest BCUT2D eigenvalue weighted by molar-refractivity contribution is 0.0930. The second-order valence-electron chi connectivity index (χ2n) is 8.01. The highest BCUT2D eigenvalue weighted by atomic mass is 16.1. The highest BCUT2D eigenvalue weighted by Gasteiger charge is 2.31. The van der Waals surface area contributed by atoms with E-state index < -0.39 is 0 Å². The van der Waals surface area contributed by atoms with Crippen molar-refractivity contribution in [2.45, 2.75) is 19.3 Å². The summed E-state index contributed by atoms with van der Waals surface area (Å²) in [4.78, 5) is 20.1. The molecule has 1 aromatic carbocycles. The number of pyridine rings is 1. The van der Waals surface area contributed by atoms with Crippen molar-refractivity contribution in [1.29, 1.82) is 0 Å². The van der Waals surface area contributed by atoms with Crippen molar-refractivity contribution in [1.82, 2.24) is 25.1 Å². The molecule has 0 spiro atoms. The summed E-state index contributed by atoms with van der Waals surface area (Å²) in [6.07, 6.45) is 7.68. The number of nitrogens with zero attached hydrogens (tertiary/aromatic N) is 3. The normalized spacial score (nSPS) is 15.5. The molecule has 1 amide bonds. The number of aromatic amines is 1. The highest BCUT2D eigenvalue weighted by Crippen LogP contribution is 2.38. The summed E-state index contributed by atoms with van der Waals surface area (Å²) in [5, 5.41) is 8.36. The molecule has 0 atom stereocenters. The van der Waals surface area contributed by atoms with Gasteiger partial charge in [-0.05, 0) is 34.9 Å². The topological polar surface area (TPSA) is 75.6 Å². The van der Waals surface area contributed by atoms with Gasteiger partial charge in [0, 0.05) is 59.7 Å². The van der Waals surface area contributed by atoms with Gasteiger partial charge in [-0.2, -0.15) is 5.10 Å². The average molecular weight is 371 g/mol. The number of benzene rings is 1. The molecule has 0 bridgehead atoms. The van der Waals surface area contributed by atoms with Crippen LogP contribution >= 0.6 is 0 Å². The van der Waals surface area contributed by atoms with Crippen LogP contribution in [0.5, 0.6) is 0 Å². The maximum Gasteiger partial charge on any atom is 0.251 e. The van der Waals surface area contributed by atoms with Crippen LogP contribution in [0.3, 0.4) is 0 Å². The fraction of sp³-hybridized carbons (Fsp3) is 0.227. The summed E-state index contributed by atoms with van der Waals surface area (Å²) in [5.41, 5.74) is 6.84. The lowest BCUT2D eigenvalue weighted by atomic mass is 9.77. The monoisotopic (exact) mass is 371 g/mol. The SMILES string of the molecule is Cn1cc(-c2ccnc3[nH]cc(-c4ccc5c(c4)C(C)(C)CNC5=O)c23)cn1. The van der Waals surface area contributed by atoms with Gasteiger partial charge in [0.1, 0.15) is 5.65 Å². The number of aryl methyl sites for hydroxylation is 1. The van der Waals surface area contributed by atoms with Crippen molar-refractivity contribution in [3.8, 4) is 22.3 Å². The van der Waals surface area contributed by atoms with Crippen molar-refractivity contribution in [2.24, 2.45) is 7.05 Å². The van der Waals surface area contributed by atoms with Crippen molar-refractivity contribution in [2.75, 3.05) is 6.54 Å². The number of nitrogens with one attached hydrogen (secondary N) is 2. The Bertz CT molecular complexity index is 1230. The van der Waals surface area contributed by atoms with Gasteiger partial charge in [-0.15, -0.1) is 0 Å². The third-order valence-corrected chi connectivity index (χ3v) is 5.58. The molecule has 6 nitrogen and oxygen atoms in total. The average Bonchev–Trinajstić information content (AvgIpc) is 3.31. The minimum atomic E-state index is -0.115. The maximum absolute atomic E-state index is 12.3. The zero-order valence-corrected chi connectivity index (χ0v) is 16.1. The number of carbonyl (C=O) groups is 1. The minimum absolute atomic E-state index is 0.00230. The zero-order valence-electron chi connectivity index (χ0n) is 16.1. The van der Waals surface area contributed by atoms with Gasteiger partial charge in [0.2, 0.25) is 0 Å². The van der Waals surface area contributed by atoms with Gasteiger partial charge in [0.15, 0.2) is 0 Å². The molecule has 5 rings (SSSR count). The molecule has 0 unspecified atom stereocenters. The van der Waals surface area contributed by atoms with E-state index >= 15 is 0 Å². The van der Waals surface area contributed by atoms with Gasteiger partial charge in [-0.1, -0.05) is 19.9 Å². The predicted octanol–water partition coefficient (Wildman–Crippen LogP) is 3.65. The van der Waals surface area contributed by atoms with E-state index in [1.807, 2.05) is 50.0 Å². The van der Waals surface area contributed by atoms with Gasteiger partial charge in [0.25, 0.3) is 5.91 Å². The van der Waals surface area contributed by atoms with Crippen molar-refractivity contribution in [3.63, 3.8) is 0 Å². The lowest BCUT2D eigenvalue weighted by Gasteiger charge is -2.32. The first kappa shape index (κ1) is 16.7. The molecule has 0 saturated heterocycles. The van der Waals surface area contributed by atoms with Crippen molar-refractivity contribution in [3.05, 3.63) is 60.2 Å². The largest absolute Gasteiger partial charge is 0.351 e. The van der Waals surface area contributed by atoms with E-state index in [2.05, 4.69) is 40.3 Å². The molecule has 1 aliphatic heterocycles. The van der Waals surface area contributed by atoms with E-state index in [-0.39, 0.29) is 11.3 Å². The number of rotatable bonds is 2. The van der Waals surface area contributed by atoms with Crippen molar-refractivity contribution < 1.29 is 4.79 Å². The van der Waals surface area contributed by atoms with E-state index in [1.54, 1.807) is 4.68 Å². The highest BCUT2D eigenvalue weighted by molar-refractivity contribution is 6.05. The van der Waals surface area contributed by atoms with Gasteiger partial charge in [-0.3, -0.25) is 9.48 Å². The Hall–Kier alpha value is -3.41. The Morgan fingerprint density at radius 1 is 1.11 bits per heavy atom. The Kier molecular flexibility index (Phi) is 3.46. The molecule has 140 valence electrons. The molecule has 6 heteroatoms. The van der Waals surface area contributed by atoms with E-state index in [4.69, 9.17) is 0 Å². The van der Waals surface area contributed by atoms with Crippen LogP contribution in [0.25, 0.3) is 33.3 Å². The minimum Gasteiger partial charge on any atom is -0.351 e. The van der Waals surface area contributed by atoms with Gasteiger partial charge >= 0.3 is 0 Å². The maximum atomic E-state index is 12.3. The molecule has 4 heterocycles. The second kappa shape index (κ2) is 5.79. The second-order valence-corrected chi connectivity index (χ2v) is 8.01. The molecule has 1 aliphatic rings. The molecule has 0 fully saturated rings. The summed E-state index contributed by atoms with van der Waals surface area (Å²) in [7, 11) is 1.91. The molecule has 3 aromatic heterocycles. The molecule has 0 saturated carbocycles. The summed E-state index contributed by atoms with van der Waals surface area (Å²) in [6, 6.07) is 8.12. The number of hydrogen-bond acceptors (Lipinski definition) is 3. The van der Waals surface area contributed by atoms with E-state index in [0.717, 1.165) is 44.4 Å². The zero-order chi connectivity index (χ0) is 19.5. The van der Waals surface area contributed by atoms with Crippen LogP contribution in [-0.2, 0) is 12.5 Å². The van der Waals surface area contributed by atoms with Crippen LogP contribution in [0.4, 0.5) is 0 Å². The predicted molar refractivity (Wildman–Crippen MR) is 109 cm³/mol. The van der Waals surface area contributed by atoms with Crippen LogP contribution in [0.2, 0.25) is 0 Å². The number of H-pyrrole nitrogens is 1. The summed E-state index contributed by atoms with van der Waals surface area (Å²) in [6.45, 7) is 4.96. The summed E-state index contributed by atoms with van der Waals surface area (Å²) in [5.74, 6) is -0.00230. The van der Waals surface area contributed by atoms with E-state index in [0.29, 0.717) is 6.54 Å². The fourth-order valence-electron chi connectivity index (χ4n) is 4.05. The van der Waals surface area contributed by atoms with Crippen LogP contribution in [0.1, 0.15) is 29.8 Å². The van der Waals surface area contributed by atoms with Crippen molar-refractivity contribution >= 4 is 16.9 Å². The molecular weight excluding hydrogens is 350 g/mol. The summed E-state index contributed by atoms with van der Waals surface area (Å²) < 4.78 is 1.80. The quantitative estimate of drug-likeness (QED) is 0.565. The molecule has 0 aliphatic carbocycles. The van der Waals surface area contributed by atoms with Crippen LogP contribution < -0.4 is 5.32 Å². The lowest BCUT2D eigenvalue weighted by Crippen LogP contribution is -2.43. The van der Waals surface area contributed by atoms with Crippen LogP contribution in [0, 0.1) is 0 Å². The first-order chi connectivity index (χ1) is 13.4. The number of carbonyl (C=O) groups excluding carboxylic acids is 1. The smallest absolute Gasteiger partial charge is 0.251 e. The van der Waals surface area contributed by atoms with E-state index in [9.17, 15) is 4.79 Å². The Labute approximate surface area is 162 Å². The first-order valence-electron chi connectivity index (χ1n) is 9.32. The van der Waals surface area contributed by atoms with Crippen LogP contribution in [-0.4, -0.2) is 32.2 Å². The Morgan fingerprint density at radius 2 is 1.96 bits per heavy atom. The molecule has 4 aromatic rings. The Balaban J connectivity index is 1.74. The molecule has 28 heavy (non-hydrogen) atoms. The first-order valence-corrected chi connectivity index (χ1v) is 9.32. The van der Waals surface area contributed by atoms with E-state index in [1.165, 1.54) is 0 Å². The number of fused-ring (bicyclic) bond motifs is 2. The van der Waals surface area contributed by atoms with Gasteiger partial charge in [-0.25, -0.2) is 4.98 Å². The fourth-order valence-corrected chi connectivity index (χ4v) is 4.05. The third-order valence-electron chi connectivity index (χ3n) is 5.58. The number of aromatic nitrogens is 4.